The third kappa shape index (κ3) is 2.30. The van der Waals surface area contributed by atoms with Gasteiger partial charge in [0.15, 0.2) is 5.79 Å². The molecule has 4 heteroatoms. The second-order valence-electron chi connectivity index (χ2n) is 9.18. The van der Waals surface area contributed by atoms with Gasteiger partial charge in [-0.1, -0.05) is 32.1 Å². The fourth-order valence-electron chi connectivity index (χ4n) is 6.56. The Morgan fingerprint density at radius 1 is 1.20 bits per heavy atom. The minimum Gasteiger partial charge on any atom is -0.462 e. The second kappa shape index (κ2) is 5.43. The molecule has 0 saturated heterocycles. The average Bonchev–Trinajstić information content (AvgIpc) is 2.77. The van der Waals surface area contributed by atoms with E-state index in [2.05, 4.69) is 19.1 Å². The van der Waals surface area contributed by atoms with E-state index in [1.807, 2.05) is 13.0 Å². The largest absolute Gasteiger partial charge is 0.462 e. The molecule has 4 nitrogen and oxygen atoms in total. The van der Waals surface area contributed by atoms with Crippen molar-refractivity contribution < 1.29 is 19.7 Å². The quantitative estimate of drug-likeness (QED) is 0.435. The Morgan fingerprint density at radius 2 is 1.96 bits per heavy atom. The van der Waals surface area contributed by atoms with Crippen molar-refractivity contribution in [2.45, 2.75) is 64.8 Å². The molecule has 0 bridgehead atoms. The summed E-state index contributed by atoms with van der Waals surface area (Å²) in [4.78, 5) is 11.8. The maximum absolute atomic E-state index is 11.8. The summed E-state index contributed by atoms with van der Waals surface area (Å²) in [6.07, 6.45) is 13.0. The average molecular weight is 346 g/mol. The van der Waals surface area contributed by atoms with Crippen LogP contribution in [-0.2, 0) is 9.53 Å². The van der Waals surface area contributed by atoms with Crippen molar-refractivity contribution in [3.05, 3.63) is 24.3 Å². The number of hydrogen-bond donors (Lipinski definition) is 2. The van der Waals surface area contributed by atoms with Crippen molar-refractivity contribution in [2.24, 2.45) is 34.5 Å². The first-order valence-electron chi connectivity index (χ1n) is 9.68. The Morgan fingerprint density at radius 3 is 2.68 bits per heavy atom. The van der Waals surface area contributed by atoms with Gasteiger partial charge in [-0.25, -0.2) is 0 Å². The summed E-state index contributed by atoms with van der Waals surface area (Å²) in [6.45, 7) is 5.82. The summed E-state index contributed by atoms with van der Waals surface area (Å²) >= 11 is 0. The molecule has 2 fully saturated rings. The van der Waals surface area contributed by atoms with Gasteiger partial charge in [-0.05, 0) is 61.3 Å². The van der Waals surface area contributed by atoms with Gasteiger partial charge in [-0.3, -0.25) is 4.79 Å². The van der Waals surface area contributed by atoms with Crippen molar-refractivity contribution in [1.29, 1.82) is 0 Å². The van der Waals surface area contributed by atoms with E-state index in [0.29, 0.717) is 11.8 Å². The van der Waals surface area contributed by atoms with E-state index < -0.39 is 11.2 Å². The number of allylic oxidation sites excluding steroid dienone is 3. The monoisotopic (exact) mass is 346 g/mol. The van der Waals surface area contributed by atoms with Crippen LogP contribution in [0, 0.1) is 34.5 Å². The van der Waals surface area contributed by atoms with Gasteiger partial charge >= 0.3 is 5.97 Å². The smallest absolute Gasteiger partial charge is 0.302 e. The van der Waals surface area contributed by atoms with Crippen LogP contribution in [0.5, 0.6) is 0 Å². The summed E-state index contributed by atoms with van der Waals surface area (Å²) in [7, 11) is 0. The lowest BCUT2D eigenvalue weighted by atomic mass is 9.45. The van der Waals surface area contributed by atoms with Gasteiger partial charge in [0.1, 0.15) is 6.10 Å². The molecular weight excluding hydrogens is 316 g/mol. The Balaban J connectivity index is 1.76. The zero-order chi connectivity index (χ0) is 18.0. The lowest BCUT2D eigenvalue weighted by Gasteiger charge is -2.61. The van der Waals surface area contributed by atoms with Crippen LogP contribution >= 0.6 is 0 Å². The van der Waals surface area contributed by atoms with Crippen molar-refractivity contribution in [2.75, 3.05) is 0 Å². The molecule has 4 aliphatic rings. The molecule has 138 valence electrons. The fraction of sp³-hybridized carbons (Fsp3) is 0.762. The molecule has 0 aromatic heterocycles. The Bertz CT molecular complexity index is 636. The van der Waals surface area contributed by atoms with E-state index in [9.17, 15) is 15.0 Å². The Labute approximate surface area is 149 Å². The molecule has 0 aromatic carbocycles. The van der Waals surface area contributed by atoms with E-state index in [1.165, 1.54) is 6.92 Å². The molecule has 4 rings (SSSR count). The van der Waals surface area contributed by atoms with Crippen molar-refractivity contribution in [3.8, 4) is 0 Å². The zero-order valence-corrected chi connectivity index (χ0v) is 15.4. The van der Waals surface area contributed by atoms with Crippen LogP contribution in [0.3, 0.4) is 0 Å². The summed E-state index contributed by atoms with van der Waals surface area (Å²) in [5.41, 5.74) is -0.487. The Hall–Kier alpha value is -1.13. The second-order valence-corrected chi connectivity index (χ2v) is 9.18. The topological polar surface area (TPSA) is 66.8 Å². The van der Waals surface area contributed by atoms with Gasteiger partial charge in [0.05, 0.1) is 0 Å². The fourth-order valence-corrected chi connectivity index (χ4v) is 6.56. The van der Waals surface area contributed by atoms with Crippen LogP contribution < -0.4 is 0 Å². The van der Waals surface area contributed by atoms with Crippen LogP contribution in [0.25, 0.3) is 0 Å². The number of carbonyl (C=O) groups is 1. The third-order valence-corrected chi connectivity index (χ3v) is 8.07. The van der Waals surface area contributed by atoms with Crippen LogP contribution in [0.4, 0.5) is 0 Å². The number of carbonyl (C=O) groups excluding carboxylic acids is 1. The molecule has 0 aliphatic heterocycles. The molecule has 0 amide bonds. The van der Waals surface area contributed by atoms with Gasteiger partial charge < -0.3 is 14.9 Å². The van der Waals surface area contributed by atoms with Crippen LogP contribution in [0.15, 0.2) is 24.3 Å². The molecule has 0 aromatic rings. The van der Waals surface area contributed by atoms with Gasteiger partial charge in [0.2, 0.25) is 0 Å². The van der Waals surface area contributed by atoms with E-state index in [1.54, 1.807) is 6.08 Å². The number of aliphatic hydroxyl groups is 2. The van der Waals surface area contributed by atoms with Gasteiger partial charge in [0, 0.05) is 18.3 Å². The third-order valence-electron chi connectivity index (χ3n) is 8.07. The summed E-state index contributed by atoms with van der Waals surface area (Å²) in [6, 6.07) is 0. The highest BCUT2D eigenvalue weighted by Gasteiger charge is 2.64. The molecule has 2 saturated carbocycles. The van der Waals surface area contributed by atoms with E-state index in [4.69, 9.17) is 4.74 Å². The summed E-state index contributed by atoms with van der Waals surface area (Å²) in [5, 5.41) is 21.1. The lowest BCUT2D eigenvalue weighted by Crippen LogP contribution is -2.60. The highest BCUT2D eigenvalue weighted by Crippen LogP contribution is 2.65. The maximum Gasteiger partial charge on any atom is 0.302 e. The summed E-state index contributed by atoms with van der Waals surface area (Å²) < 4.78 is 5.82. The normalized spacial score (nSPS) is 49.9. The van der Waals surface area contributed by atoms with Crippen molar-refractivity contribution >= 4 is 5.97 Å². The first-order valence-corrected chi connectivity index (χ1v) is 9.68. The SMILES string of the molecule is CC(=O)OC1CC2CCC=C[C@]2(C)[C@@H]2CC[C@@]3(C)[C@@H](C=CC3(O)O)[C@H]12. The Kier molecular flexibility index (Phi) is 3.76. The molecular formula is C21H30O4. The molecule has 7 atom stereocenters. The van der Waals surface area contributed by atoms with E-state index in [-0.39, 0.29) is 29.3 Å². The maximum atomic E-state index is 11.8. The minimum atomic E-state index is -1.77. The van der Waals surface area contributed by atoms with Gasteiger partial charge in [-0.2, -0.15) is 0 Å². The molecule has 25 heavy (non-hydrogen) atoms. The lowest BCUT2D eigenvalue weighted by molar-refractivity contribution is -0.241. The molecule has 2 unspecified atom stereocenters. The first-order chi connectivity index (χ1) is 11.7. The number of fused-ring (bicyclic) bond motifs is 5. The predicted molar refractivity (Wildman–Crippen MR) is 94.3 cm³/mol. The number of ether oxygens (including phenoxy) is 1. The highest BCUT2D eigenvalue weighted by molar-refractivity contribution is 5.66. The van der Waals surface area contributed by atoms with Gasteiger partial charge in [-0.15, -0.1) is 0 Å². The molecule has 4 aliphatic carbocycles. The summed E-state index contributed by atoms with van der Waals surface area (Å²) in [5.74, 6) is -0.895. The first kappa shape index (κ1) is 17.3. The molecule has 0 heterocycles. The standard InChI is InChI=1S/C21H30O4/c1-13(22)25-17-12-14-6-4-5-9-19(14,2)15-7-10-20(3)16(18(15)17)8-11-21(20,23)24/h5,8-9,11,14-18,23-24H,4,6-7,10,12H2,1-3H3/t14?,15-,16+,17?,18-,19+,20+/m1/s1. The predicted octanol–water partition coefficient (Wildman–Crippen LogP) is 3.19. The van der Waals surface area contributed by atoms with Crippen LogP contribution in [0.2, 0.25) is 0 Å². The van der Waals surface area contributed by atoms with E-state index in [0.717, 1.165) is 32.1 Å². The number of esters is 1. The molecule has 0 spiro atoms. The van der Waals surface area contributed by atoms with Crippen LogP contribution in [-0.4, -0.2) is 28.1 Å². The van der Waals surface area contributed by atoms with E-state index >= 15 is 0 Å². The molecule has 0 radical (unpaired) electrons. The highest BCUT2D eigenvalue weighted by atomic mass is 16.5. The molecule has 2 N–H and O–H groups in total. The number of rotatable bonds is 1. The van der Waals surface area contributed by atoms with Crippen molar-refractivity contribution in [3.63, 3.8) is 0 Å². The van der Waals surface area contributed by atoms with Gasteiger partial charge in [0.25, 0.3) is 0 Å². The minimum absolute atomic E-state index is 0.0266. The van der Waals surface area contributed by atoms with Crippen LogP contribution in [0.1, 0.15) is 52.9 Å². The zero-order valence-electron chi connectivity index (χ0n) is 15.4. The van der Waals surface area contributed by atoms with Crippen molar-refractivity contribution in [1.82, 2.24) is 0 Å². The number of hydrogen-bond acceptors (Lipinski definition) is 4.